The number of fused-ring (bicyclic) bond motifs is 1. The Morgan fingerprint density at radius 1 is 1.32 bits per heavy atom. The van der Waals surface area contributed by atoms with E-state index in [0.717, 1.165) is 15.3 Å². The zero-order chi connectivity index (χ0) is 15.5. The van der Waals surface area contributed by atoms with Crippen LogP contribution in [0.15, 0.2) is 41.2 Å². The summed E-state index contributed by atoms with van der Waals surface area (Å²) in [4.78, 5) is 23.3. The predicted octanol–water partition coefficient (Wildman–Crippen LogP) is 2.08. The Bertz CT molecular complexity index is 826. The lowest BCUT2D eigenvalue weighted by Crippen LogP contribution is -2.24. The Hall–Kier alpha value is -2.02. The van der Waals surface area contributed by atoms with Crippen LogP contribution in [0.3, 0.4) is 0 Å². The highest BCUT2D eigenvalue weighted by Crippen LogP contribution is 2.30. The van der Waals surface area contributed by atoms with E-state index in [1.165, 1.54) is 11.3 Å². The number of nitrogens with one attached hydrogen (secondary N) is 1. The minimum atomic E-state index is -0.115. The van der Waals surface area contributed by atoms with Gasteiger partial charge in [0.1, 0.15) is 10.7 Å². The number of aromatic amines is 1. The number of aliphatic hydroxyl groups excluding tert-OH is 1. The van der Waals surface area contributed by atoms with Crippen LogP contribution in [0.5, 0.6) is 0 Å². The summed E-state index contributed by atoms with van der Waals surface area (Å²) < 4.78 is 0. The van der Waals surface area contributed by atoms with Crippen molar-refractivity contribution in [2.24, 2.45) is 0 Å². The summed E-state index contributed by atoms with van der Waals surface area (Å²) in [6.07, 6.45) is 0. The Kier molecular flexibility index (Phi) is 4.33. The Labute approximate surface area is 131 Å². The maximum Gasteiger partial charge on any atom is 0.259 e. The quantitative estimate of drug-likeness (QED) is 0.756. The molecule has 1 aromatic carbocycles. The molecule has 0 aliphatic rings. The molecule has 0 fully saturated rings. The van der Waals surface area contributed by atoms with Gasteiger partial charge in [0, 0.05) is 11.4 Å². The molecule has 6 heteroatoms. The van der Waals surface area contributed by atoms with Crippen molar-refractivity contribution in [3.05, 3.63) is 52.6 Å². The smallest absolute Gasteiger partial charge is 0.259 e. The number of benzene rings is 1. The second-order valence-corrected chi connectivity index (χ2v) is 6.20. The third-order valence-electron chi connectivity index (χ3n) is 3.41. The largest absolute Gasteiger partial charge is 0.395 e. The molecule has 0 atom stereocenters. The van der Waals surface area contributed by atoms with Crippen molar-refractivity contribution in [2.45, 2.75) is 6.54 Å². The van der Waals surface area contributed by atoms with E-state index in [0.29, 0.717) is 24.3 Å². The molecule has 0 saturated carbocycles. The van der Waals surface area contributed by atoms with E-state index in [4.69, 9.17) is 5.11 Å². The van der Waals surface area contributed by atoms with E-state index in [1.807, 2.05) is 48.3 Å². The van der Waals surface area contributed by atoms with Crippen molar-refractivity contribution in [2.75, 3.05) is 20.2 Å². The molecule has 0 amide bonds. The third kappa shape index (κ3) is 3.09. The summed E-state index contributed by atoms with van der Waals surface area (Å²) in [6, 6.07) is 11.9. The molecule has 0 spiro atoms. The molecular weight excluding hydrogens is 298 g/mol. The number of H-pyrrole nitrogens is 1. The highest BCUT2D eigenvalue weighted by molar-refractivity contribution is 7.21. The van der Waals surface area contributed by atoms with E-state index in [9.17, 15) is 4.79 Å². The Balaban J connectivity index is 1.98. The minimum Gasteiger partial charge on any atom is -0.395 e. The van der Waals surface area contributed by atoms with Gasteiger partial charge in [-0.3, -0.25) is 9.69 Å². The second kappa shape index (κ2) is 6.39. The average Bonchev–Trinajstić information content (AvgIpc) is 2.93. The normalized spacial score (nSPS) is 11.4. The fourth-order valence-electron chi connectivity index (χ4n) is 2.30. The number of aliphatic hydroxyl groups is 1. The molecule has 0 aliphatic carbocycles. The second-order valence-electron chi connectivity index (χ2n) is 5.17. The standard InChI is InChI=1S/C16H17N3O2S/c1-19(7-8-20)10-14-17-15(21)12-9-13(22-16(12)18-14)11-5-3-2-4-6-11/h2-6,9,20H,7-8,10H2,1H3,(H,17,18,21). The lowest BCUT2D eigenvalue weighted by atomic mass is 10.2. The van der Waals surface area contributed by atoms with Crippen LogP contribution in [0.4, 0.5) is 0 Å². The molecule has 0 saturated heterocycles. The number of rotatable bonds is 5. The van der Waals surface area contributed by atoms with E-state index in [-0.39, 0.29) is 12.2 Å². The van der Waals surface area contributed by atoms with Gasteiger partial charge in [-0.2, -0.15) is 0 Å². The molecule has 114 valence electrons. The van der Waals surface area contributed by atoms with E-state index < -0.39 is 0 Å². The summed E-state index contributed by atoms with van der Waals surface area (Å²) >= 11 is 1.52. The van der Waals surface area contributed by atoms with E-state index >= 15 is 0 Å². The minimum absolute atomic E-state index is 0.0835. The molecule has 0 bridgehead atoms. The molecule has 3 aromatic rings. The molecule has 2 N–H and O–H groups in total. The van der Waals surface area contributed by atoms with Crippen LogP contribution in [0.25, 0.3) is 20.7 Å². The van der Waals surface area contributed by atoms with Crippen molar-refractivity contribution >= 4 is 21.6 Å². The van der Waals surface area contributed by atoms with E-state index in [2.05, 4.69) is 9.97 Å². The topological polar surface area (TPSA) is 69.2 Å². The van der Waals surface area contributed by atoms with Crippen molar-refractivity contribution < 1.29 is 5.11 Å². The van der Waals surface area contributed by atoms with Gasteiger partial charge in [-0.15, -0.1) is 11.3 Å². The first-order chi connectivity index (χ1) is 10.7. The predicted molar refractivity (Wildman–Crippen MR) is 89.1 cm³/mol. The summed E-state index contributed by atoms with van der Waals surface area (Å²) in [7, 11) is 1.88. The molecule has 0 aliphatic heterocycles. The molecular formula is C16H17N3O2S. The van der Waals surface area contributed by atoms with Crippen molar-refractivity contribution in [1.29, 1.82) is 0 Å². The van der Waals surface area contributed by atoms with Gasteiger partial charge in [0.25, 0.3) is 5.56 Å². The fourth-order valence-corrected chi connectivity index (χ4v) is 3.36. The third-order valence-corrected chi connectivity index (χ3v) is 4.49. The molecule has 0 radical (unpaired) electrons. The SMILES string of the molecule is CN(CCO)Cc1nc2sc(-c3ccccc3)cc2c(=O)[nH]1. The first kappa shape index (κ1) is 14.9. The number of thiophene rings is 1. The van der Waals surface area contributed by atoms with Crippen LogP contribution < -0.4 is 5.56 Å². The molecule has 2 aromatic heterocycles. The zero-order valence-electron chi connectivity index (χ0n) is 12.2. The van der Waals surface area contributed by atoms with Gasteiger partial charge < -0.3 is 10.1 Å². The maximum absolute atomic E-state index is 12.2. The van der Waals surface area contributed by atoms with Crippen LogP contribution in [-0.4, -0.2) is 40.2 Å². The van der Waals surface area contributed by atoms with Crippen LogP contribution in [0.2, 0.25) is 0 Å². The van der Waals surface area contributed by atoms with Gasteiger partial charge in [-0.05, 0) is 18.7 Å². The first-order valence-electron chi connectivity index (χ1n) is 7.05. The monoisotopic (exact) mass is 315 g/mol. The number of hydrogen-bond donors (Lipinski definition) is 2. The van der Waals surface area contributed by atoms with Gasteiger partial charge in [0.15, 0.2) is 0 Å². The van der Waals surface area contributed by atoms with Crippen LogP contribution >= 0.6 is 11.3 Å². The van der Waals surface area contributed by atoms with Crippen molar-refractivity contribution in [1.82, 2.24) is 14.9 Å². The van der Waals surface area contributed by atoms with Gasteiger partial charge in [0.2, 0.25) is 0 Å². The summed E-state index contributed by atoms with van der Waals surface area (Å²) in [5.41, 5.74) is 0.972. The van der Waals surface area contributed by atoms with E-state index in [1.54, 1.807) is 0 Å². The summed E-state index contributed by atoms with van der Waals surface area (Å²) in [5, 5.41) is 9.56. The summed E-state index contributed by atoms with van der Waals surface area (Å²) in [5.74, 6) is 0.620. The van der Waals surface area contributed by atoms with Gasteiger partial charge in [-0.1, -0.05) is 30.3 Å². The first-order valence-corrected chi connectivity index (χ1v) is 7.86. The van der Waals surface area contributed by atoms with Gasteiger partial charge in [-0.25, -0.2) is 4.98 Å². The Morgan fingerprint density at radius 2 is 2.09 bits per heavy atom. The molecule has 3 rings (SSSR count). The lowest BCUT2D eigenvalue weighted by molar-refractivity contribution is 0.214. The molecule has 22 heavy (non-hydrogen) atoms. The molecule has 2 heterocycles. The van der Waals surface area contributed by atoms with Gasteiger partial charge in [0.05, 0.1) is 18.5 Å². The molecule has 5 nitrogen and oxygen atoms in total. The summed E-state index contributed by atoms with van der Waals surface area (Å²) in [6.45, 7) is 1.13. The van der Waals surface area contributed by atoms with Crippen molar-refractivity contribution in [3.63, 3.8) is 0 Å². The van der Waals surface area contributed by atoms with Crippen LogP contribution in [0.1, 0.15) is 5.82 Å². The maximum atomic E-state index is 12.2. The molecule has 0 unspecified atom stereocenters. The number of aromatic nitrogens is 2. The Morgan fingerprint density at radius 3 is 2.82 bits per heavy atom. The number of nitrogens with zero attached hydrogens (tertiary/aromatic N) is 2. The zero-order valence-corrected chi connectivity index (χ0v) is 13.1. The lowest BCUT2D eigenvalue weighted by Gasteiger charge is -2.13. The highest BCUT2D eigenvalue weighted by atomic mass is 32.1. The average molecular weight is 315 g/mol. The number of likely N-dealkylation sites (N-methyl/N-ethyl adjacent to an activating group) is 1. The van der Waals surface area contributed by atoms with Crippen molar-refractivity contribution in [3.8, 4) is 10.4 Å². The fraction of sp³-hybridized carbons (Fsp3) is 0.250. The highest BCUT2D eigenvalue weighted by Gasteiger charge is 2.11. The van der Waals surface area contributed by atoms with Crippen LogP contribution in [-0.2, 0) is 6.54 Å². The van der Waals surface area contributed by atoms with Gasteiger partial charge >= 0.3 is 0 Å². The number of hydrogen-bond acceptors (Lipinski definition) is 5. The van der Waals surface area contributed by atoms with Crippen LogP contribution in [0, 0.1) is 0 Å².